The van der Waals surface area contributed by atoms with Gasteiger partial charge < -0.3 is 4.74 Å². The first-order chi connectivity index (χ1) is 10.6. The Morgan fingerprint density at radius 3 is 2.77 bits per heavy atom. The minimum Gasteiger partial charge on any atom is -0.463 e. The number of nitrogens with zero attached hydrogens (tertiary/aromatic N) is 1. The maximum Gasteiger partial charge on any atom is 0.311 e. The number of alkyl halides is 1. The molecule has 2 aliphatic heterocycles. The highest BCUT2D eigenvalue weighted by atomic mass is 35.5. The van der Waals surface area contributed by atoms with Crippen molar-refractivity contribution in [3.63, 3.8) is 0 Å². The van der Waals surface area contributed by atoms with Crippen molar-refractivity contribution in [3.05, 3.63) is 34.9 Å². The fourth-order valence-electron chi connectivity index (χ4n) is 4.08. The van der Waals surface area contributed by atoms with E-state index in [1.165, 1.54) is 0 Å². The molecular weight excluding hydrogens is 304 g/mol. The topological polar surface area (TPSA) is 29.5 Å². The van der Waals surface area contributed by atoms with Crippen molar-refractivity contribution in [2.75, 3.05) is 20.3 Å². The van der Waals surface area contributed by atoms with Gasteiger partial charge in [0.25, 0.3) is 0 Å². The maximum atomic E-state index is 12.5. The molecule has 2 bridgehead atoms. The van der Waals surface area contributed by atoms with Gasteiger partial charge in [0.15, 0.2) is 0 Å². The van der Waals surface area contributed by atoms with Crippen LogP contribution in [0.15, 0.2) is 24.3 Å². The number of carbonyl (C=O) groups excluding carboxylic acids is 1. The van der Waals surface area contributed by atoms with Crippen LogP contribution < -0.4 is 0 Å². The molecule has 0 amide bonds. The molecular formula is C17H21ClFNO2. The summed E-state index contributed by atoms with van der Waals surface area (Å²) in [5.41, 5.74) is 1.12. The molecule has 120 valence electrons. The van der Waals surface area contributed by atoms with Crippen LogP contribution in [0, 0.1) is 5.92 Å². The Labute approximate surface area is 135 Å². The van der Waals surface area contributed by atoms with E-state index in [1.807, 2.05) is 24.3 Å². The second-order valence-corrected chi connectivity index (χ2v) is 6.68. The van der Waals surface area contributed by atoms with E-state index in [2.05, 4.69) is 11.9 Å². The molecule has 1 aromatic carbocycles. The molecule has 0 N–H and O–H groups in total. The van der Waals surface area contributed by atoms with Crippen molar-refractivity contribution >= 4 is 17.6 Å². The standard InChI is InChI=1S/C17H21ClFNO2/c1-20-13-6-7-15(20)16(17(21)22-9-8-19)14(10-13)11-2-4-12(18)5-3-11/h2-5,13-16H,6-10H2,1H3/t13?,14-,15?,16+/m1/s1/i19-1. The first-order valence-electron chi connectivity index (χ1n) is 7.82. The summed E-state index contributed by atoms with van der Waals surface area (Å²) < 4.78 is 17.5. The van der Waals surface area contributed by atoms with Crippen LogP contribution in [0.1, 0.15) is 30.7 Å². The Bertz CT molecular complexity index is 536. The molecule has 22 heavy (non-hydrogen) atoms. The van der Waals surface area contributed by atoms with Crippen LogP contribution in [0.3, 0.4) is 0 Å². The quantitative estimate of drug-likeness (QED) is 0.795. The summed E-state index contributed by atoms with van der Waals surface area (Å²) in [4.78, 5) is 14.8. The Balaban J connectivity index is 1.88. The summed E-state index contributed by atoms with van der Waals surface area (Å²) in [6, 6.07) is 8.41. The largest absolute Gasteiger partial charge is 0.463 e. The Kier molecular flexibility index (Phi) is 4.69. The van der Waals surface area contributed by atoms with E-state index in [4.69, 9.17) is 16.3 Å². The third-order valence-corrected chi connectivity index (χ3v) is 5.41. The highest BCUT2D eigenvalue weighted by Gasteiger charge is 2.49. The van der Waals surface area contributed by atoms with E-state index in [0.717, 1.165) is 24.8 Å². The van der Waals surface area contributed by atoms with E-state index in [9.17, 15) is 9.18 Å². The Hall–Kier alpha value is -1.13. The van der Waals surface area contributed by atoms with Crippen molar-refractivity contribution in [2.45, 2.75) is 37.3 Å². The molecule has 4 atom stereocenters. The number of benzene rings is 1. The van der Waals surface area contributed by atoms with Gasteiger partial charge >= 0.3 is 5.97 Å². The third-order valence-electron chi connectivity index (χ3n) is 5.16. The number of esters is 1. The van der Waals surface area contributed by atoms with Gasteiger partial charge in [-0.25, -0.2) is 4.39 Å². The molecule has 5 heteroatoms. The lowest BCUT2D eigenvalue weighted by atomic mass is 9.76. The van der Waals surface area contributed by atoms with Crippen LogP contribution in [0.5, 0.6) is 0 Å². The number of carbonyl (C=O) groups is 1. The van der Waals surface area contributed by atoms with Crippen molar-refractivity contribution in [1.29, 1.82) is 0 Å². The zero-order valence-corrected chi connectivity index (χ0v) is 13.4. The van der Waals surface area contributed by atoms with Gasteiger partial charge in [0.1, 0.15) is 13.3 Å². The second kappa shape index (κ2) is 6.55. The SMILES string of the molecule is CN1C2CCC1[C@@H](C(=O)OCC[18F])[C@@H](c1ccc(Cl)cc1)C2. The molecule has 0 aliphatic carbocycles. The van der Waals surface area contributed by atoms with Crippen LogP contribution in [0.25, 0.3) is 0 Å². The summed E-state index contributed by atoms with van der Waals surface area (Å²) in [6.45, 7) is -0.782. The summed E-state index contributed by atoms with van der Waals surface area (Å²) in [5, 5.41) is 0.691. The second-order valence-electron chi connectivity index (χ2n) is 6.24. The van der Waals surface area contributed by atoms with Crippen LogP contribution in [-0.2, 0) is 9.53 Å². The van der Waals surface area contributed by atoms with E-state index < -0.39 is 6.67 Å². The lowest BCUT2D eigenvalue weighted by Crippen LogP contribution is -2.49. The van der Waals surface area contributed by atoms with Gasteiger partial charge in [-0.2, -0.15) is 0 Å². The predicted molar refractivity (Wildman–Crippen MR) is 83.8 cm³/mol. The van der Waals surface area contributed by atoms with E-state index in [-0.39, 0.29) is 30.5 Å². The normalized spacial score (nSPS) is 31.2. The van der Waals surface area contributed by atoms with Crippen LogP contribution in [0.4, 0.5) is 4.39 Å². The number of rotatable bonds is 4. The molecule has 0 aromatic heterocycles. The third kappa shape index (κ3) is 2.86. The summed E-state index contributed by atoms with van der Waals surface area (Å²) in [6.07, 6.45) is 3.04. The van der Waals surface area contributed by atoms with Gasteiger partial charge in [0, 0.05) is 23.0 Å². The lowest BCUT2D eigenvalue weighted by molar-refractivity contribution is -0.153. The van der Waals surface area contributed by atoms with Gasteiger partial charge in [-0.1, -0.05) is 23.7 Å². The zero-order chi connectivity index (χ0) is 15.7. The number of hydrogen-bond acceptors (Lipinski definition) is 3. The average Bonchev–Trinajstić information content (AvgIpc) is 2.75. The monoisotopic (exact) mass is 324 g/mol. The van der Waals surface area contributed by atoms with Gasteiger partial charge in [-0.15, -0.1) is 0 Å². The van der Waals surface area contributed by atoms with E-state index in [0.29, 0.717) is 11.1 Å². The predicted octanol–water partition coefficient (Wildman–Crippen LogP) is 3.42. The fourth-order valence-corrected chi connectivity index (χ4v) is 4.20. The van der Waals surface area contributed by atoms with E-state index in [1.54, 1.807) is 0 Å². The Morgan fingerprint density at radius 1 is 1.36 bits per heavy atom. The van der Waals surface area contributed by atoms with Crippen molar-refractivity contribution < 1.29 is 13.9 Å². The molecule has 0 radical (unpaired) electrons. The molecule has 2 aliphatic rings. The first-order valence-corrected chi connectivity index (χ1v) is 8.19. The van der Waals surface area contributed by atoms with Gasteiger partial charge in [-0.3, -0.25) is 9.69 Å². The minimum absolute atomic E-state index is 0.123. The van der Waals surface area contributed by atoms with Crippen LogP contribution in [0.2, 0.25) is 5.02 Å². The number of hydrogen-bond donors (Lipinski definition) is 0. The van der Waals surface area contributed by atoms with Crippen molar-refractivity contribution in [1.82, 2.24) is 4.90 Å². The molecule has 2 unspecified atom stereocenters. The molecule has 3 nitrogen and oxygen atoms in total. The van der Waals surface area contributed by atoms with Crippen LogP contribution in [-0.4, -0.2) is 43.3 Å². The highest BCUT2D eigenvalue weighted by molar-refractivity contribution is 6.30. The Morgan fingerprint density at radius 2 is 2.09 bits per heavy atom. The van der Waals surface area contributed by atoms with Gasteiger partial charge in [0.05, 0.1) is 5.92 Å². The molecule has 2 heterocycles. The van der Waals surface area contributed by atoms with Crippen molar-refractivity contribution in [3.8, 4) is 0 Å². The zero-order valence-electron chi connectivity index (χ0n) is 12.7. The summed E-state index contributed by atoms with van der Waals surface area (Å²) in [7, 11) is 2.08. The molecule has 0 spiro atoms. The fraction of sp³-hybridized carbons (Fsp3) is 0.588. The molecule has 1 aromatic rings. The molecule has 3 rings (SSSR count). The minimum atomic E-state index is -0.632. The van der Waals surface area contributed by atoms with Gasteiger partial charge in [0.2, 0.25) is 0 Å². The van der Waals surface area contributed by atoms with Crippen LogP contribution >= 0.6 is 11.6 Å². The number of fused-ring (bicyclic) bond motifs is 2. The van der Waals surface area contributed by atoms with Crippen molar-refractivity contribution in [2.24, 2.45) is 5.92 Å². The number of ether oxygens (including phenoxy) is 1. The molecule has 2 saturated heterocycles. The molecule has 2 fully saturated rings. The lowest BCUT2D eigenvalue weighted by Gasteiger charge is -2.41. The average molecular weight is 325 g/mol. The molecule has 0 saturated carbocycles. The smallest absolute Gasteiger partial charge is 0.311 e. The highest BCUT2D eigenvalue weighted by Crippen LogP contribution is 2.46. The summed E-state index contributed by atoms with van der Waals surface area (Å²) in [5.74, 6) is -0.371. The van der Waals surface area contributed by atoms with Gasteiger partial charge in [-0.05, 0) is 44.0 Å². The maximum absolute atomic E-state index is 12.5. The first kappa shape index (κ1) is 15.8. The van der Waals surface area contributed by atoms with E-state index >= 15 is 0 Å². The summed E-state index contributed by atoms with van der Waals surface area (Å²) >= 11 is 5.97. The number of piperidine rings is 1. The number of halogens is 2.